The van der Waals surface area contributed by atoms with Crippen molar-refractivity contribution in [3.05, 3.63) is 90.0 Å². The van der Waals surface area contributed by atoms with Crippen molar-refractivity contribution in [1.29, 1.82) is 0 Å². The van der Waals surface area contributed by atoms with Crippen molar-refractivity contribution in [2.75, 3.05) is 15.5 Å². The van der Waals surface area contributed by atoms with Gasteiger partial charge in [0.2, 0.25) is 5.91 Å². The van der Waals surface area contributed by atoms with Crippen LogP contribution in [0.15, 0.2) is 78.9 Å². The van der Waals surface area contributed by atoms with Crippen LogP contribution in [0.1, 0.15) is 31.4 Å². The van der Waals surface area contributed by atoms with Crippen LogP contribution in [0.25, 0.3) is 0 Å². The van der Waals surface area contributed by atoms with Gasteiger partial charge in [0.15, 0.2) is 5.11 Å². The number of urea groups is 1. The Bertz CT molecular complexity index is 1230. The molecule has 0 bridgehead atoms. The van der Waals surface area contributed by atoms with Gasteiger partial charge in [0.25, 0.3) is 0 Å². The number of carbonyl (C=O) groups excluding carboxylic acids is 2. The highest BCUT2D eigenvalue weighted by atomic mass is 32.1. The van der Waals surface area contributed by atoms with Gasteiger partial charge in [-0.05, 0) is 80.4 Å². The number of aryl methyl sites for hydroxylation is 1. The van der Waals surface area contributed by atoms with E-state index in [9.17, 15) is 9.59 Å². The Morgan fingerprint density at radius 3 is 2.47 bits per heavy atom. The average molecular weight is 502 g/mol. The maximum absolute atomic E-state index is 13.8. The summed E-state index contributed by atoms with van der Waals surface area (Å²) >= 11 is 5.52. The quantitative estimate of drug-likeness (QED) is 0.355. The number of nitrogens with zero attached hydrogens (tertiary/aromatic N) is 1. The summed E-state index contributed by atoms with van der Waals surface area (Å²) in [5.74, 6) is -0.0481. The molecule has 8 heteroatoms. The molecule has 4 rings (SSSR count). The first-order valence-corrected chi connectivity index (χ1v) is 12.5. The monoisotopic (exact) mass is 501 g/mol. The number of thiocarbonyl (C=S) groups is 1. The van der Waals surface area contributed by atoms with Crippen molar-refractivity contribution >= 4 is 46.3 Å². The largest absolute Gasteiger partial charge is 0.351 e. The summed E-state index contributed by atoms with van der Waals surface area (Å²) in [7, 11) is 0. The van der Waals surface area contributed by atoms with E-state index in [1.807, 2.05) is 86.6 Å². The average Bonchev–Trinajstić information content (AvgIpc) is 2.97. The zero-order chi connectivity index (χ0) is 25.5. The van der Waals surface area contributed by atoms with Crippen molar-refractivity contribution in [3.63, 3.8) is 0 Å². The second kappa shape index (κ2) is 11.7. The number of para-hydroxylation sites is 2. The van der Waals surface area contributed by atoms with Crippen molar-refractivity contribution in [2.24, 2.45) is 0 Å². The summed E-state index contributed by atoms with van der Waals surface area (Å²) in [6.45, 7) is 4.18. The van der Waals surface area contributed by atoms with Crippen LogP contribution in [0.2, 0.25) is 0 Å². The van der Waals surface area contributed by atoms with Gasteiger partial charge in [0.05, 0.1) is 6.54 Å². The minimum absolute atomic E-state index is 0.0336. The number of hydrogen-bond acceptors (Lipinski definition) is 3. The topological polar surface area (TPSA) is 85.5 Å². The number of carbonyl (C=O) groups is 2. The van der Waals surface area contributed by atoms with Crippen molar-refractivity contribution < 1.29 is 9.59 Å². The number of amides is 3. The molecule has 0 saturated heterocycles. The third-order valence-electron chi connectivity index (χ3n) is 5.83. The Labute approximate surface area is 217 Å². The molecule has 1 unspecified atom stereocenters. The minimum Gasteiger partial charge on any atom is -0.351 e. The zero-order valence-electron chi connectivity index (χ0n) is 20.5. The normalized spacial score (nSPS) is 15.0. The number of rotatable bonds is 6. The maximum atomic E-state index is 13.8. The molecule has 7 nitrogen and oxygen atoms in total. The molecule has 0 aliphatic carbocycles. The van der Waals surface area contributed by atoms with Crippen LogP contribution >= 0.6 is 12.2 Å². The maximum Gasteiger partial charge on any atom is 0.319 e. The third-order valence-corrected chi connectivity index (χ3v) is 6.05. The Morgan fingerprint density at radius 1 is 0.972 bits per heavy atom. The summed E-state index contributed by atoms with van der Waals surface area (Å²) in [6, 6.07) is 24.5. The first-order chi connectivity index (χ1) is 17.4. The van der Waals surface area contributed by atoms with E-state index in [-0.39, 0.29) is 18.0 Å². The lowest BCUT2D eigenvalue weighted by Crippen LogP contribution is -2.49. The molecule has 1 atom stereocenters. The molecule has 0 fully saturated rings. The molecule has 3 aromatic carbocycles. The molecule has 0 saturated carbocycles. The second-order valence-corrected chi connectivity index (χ2v) is 9.47. The van der Waals surface area contributed by atoms with E-state index in [1.54, 1.807) is 4.90 Å². The number of nitrogens with one attached hydrogen (secondary N) is 4. The summed E-state index contributed by atoms with van der Waals surface area (Å²) in [6.07, 6.45) is 1.38. The first kappa shape index (κ1) is 25.2. The number of anilines is 3. The van der Waals surface area contributed by atoms with E-state index in [4.69, 9.17) is 12.2 Å². The van der Waals surface area contributed by atoms with Crippen molar-refractivity contribution in [1.82, 2.24) is 10.6 Å². The highest BCUT2D eigenvalue weighted by Crippen LogP contribution is 2.29. The van der Waals surface area contributed by atoms with Crippen molar-refractivity contribution in [3.8, 4) is 0 Å². The Kier molecular flexibility index (Phi) is 8.17. The molecular formula is C28H31N5O2S. The summed E-state index contributed by atoms with van der Waals surface area (Å²) < 4.78 is 0. The molecule has 1 aliphatic rings. The van der Waals surface area contributed by atoms with Gasteiger partial charge in [0.1, 0.15) is 6.04 Å². The van der Waals surface area contributed by atoms with Gasteiger partial charge in [-0.1, -0.05) is 48.5 Å². The van der Waals surface area contributed by atoms with Crippen molar-refractivity contribution in [2.45, 2.75) is 45.3 Å². The molecule has 0 aromatic heterocycles. The number of hydrogen-bond donors (Lipinski definition) is 4. The standard InChI is InChI=1S/C28H31N5O2S/c1-19(2)29-27(35)30-23-13-8-9-20(17-23)18-33-25-14-7-6-10-21(25)15-16-24(26(33)34)32-28(36)31-22-11-4-3-5-12-22/h3-14,17,19,24H,15-16,18H2,1-2H3,(H2,29,30,35)(H2,31,32,36). The lowest BCUT2D eigenvalue weighted by Gasteiger charge is -2.27. The fourth-order valence-electron chi connectivity index (χ4n) is 4.22. The molecule has 4 N–H and O–H groups in total. The zero-order valence-corrected chi connectivity index (χ0v) is 21.3. The van der Waals surface area contributed by atoms with E-state index < -0.39 is 6.04 Å². The molecule has 3 aromatic rings. The van der Waals surface area contributed by atoms with Gasteiger partial charge >= 0.3 is 6.03 Å². The molecule has 186 valence electrons. The summed E-state index contributed by atoms with van der Waals surface area (Å²) in [5.41, 5.74) is 4.45. The predicted octanol–water partition coefficient (Wildman–Crippen LogP) is 5.05. The van der Waals surface area contributed by atoms with Crippen LogP contribution in [-0.2, 0) is 17.8 Å². The predicted molar refractivity (Wildman–Crippen MR) is 149 cm³/mol. The smallest absolute Gasteiger partial charge is 0.319 e. The molecule has 0 spiro atoms. The van der Waals surface area contributed by atoms with E-state index in [2.05, 4.69) is 27.3 Å². The highest BCUT2D eigenvalue weighted by molar-refractivity contribution is 7.80. The van der Waals surface area contributed by atoms with E-state index in [0.717, 1.165) is 28.9 Å². The first-order valence-electron chi connectivity index (χ1n) is 12.1. The van der Waals surface area contributed by atoms with E-state index in [1.165, 1.54) is 0 Å². The number of fused-ring (bicyclic) bond motifs is 1. The highest BCUT2D eigenvalue weighted by Gasteiger charge is 2.31. The lowest BCUT2D eigenvalue weighted by atomic mass is 10.1. The van der Waals surface area contributed by atoms with Gasteiger partial charge < -0.3 is 26.2 Å². The molecule has 3 amide bonds. The third kappa shape index (κ3) is 6.60. The molecule has 1 heterocycles. The van der Waals surface area contributed by atoms with Crippen LogP contribution in [0.4, 0.5) is 21.9 Å². The van der Waals surface area contributed by atoms with Gasteiger partial charge in [-0.2, -0.15) is 0 Å². The fourth-order valence-corrected chi connectivity index (χ4v) is 4.48. The number of benzene rings is 3. The Hall–Kier alpha value is -3.91. The second-order valence-electron chi connectivity index (χ2n) is 9.06. The Morgan fingerprint density at radius 2 is 1.69 bits per heavy atom. The lowest BCUT2D eigenvalue weighted by molar-refractivity contribution is -0.120. The SMILES string of the molecule is CC(C)NC(=O)Nc1cccc(CN2C(=O)C(NC(=S)Nc3ccccc3)CCc3ccccc32)c1. The molecular weight excluding hydrogens is 470 g/mol. The Balaban J connectivity index is 1.53. The van der Waals surface area contributed by atoms with Crippen LogP contribution in [-0.4, -0.2) is 29.1 Å². The van der Waals surface area contributed by atoms with Gasteiger partial charge in [-0.15, -0.1) is 0 Å². The molecule has 1 aliphatic heterocycles. The van der Waals surface area contributed by atoms with Crippen LogP contribution in [0.3, 0.4) is 0 Å². The fraction of sp³-hybridized carbons (Fsp3) is 0.250. The molecule has 36 heavy (non-hydrogen) atoms. The van der Waals surface area contributed by atoms with E-state index >= 15 is 0 Å². The summed E-state index contributed by atoms with van der Waals surface area (Å²) in [5, 5.41) is 12.5. The van der Waals surface area contributed by atoms with Crippen LogP contribution in [0.5, 0.6) is 0 Å². The van der Waals surface area contributed by atoms with Gasteiger partial charge in [0, 0.05) is 23.1 Å². The van der Waals surface area contributed by atoms with Crippen LogP contribution in [0, 0.1) is 0 Å². The van der Waals surface area contributed by atoms with E-state index in [0.29, 0.717) is 23.8 Å². The van der Waals surface area contributed by atoms with Gasteiger partial charge in [-0.25, -0.2) is 4.79 Å². The van der Waals surface area contributed by atoms with Gasteiger partial charge in [-0.3, -0.25) is 4.79 Å². The minimum atomic E-state index is -0.473. The summed E-state index contributed by atoms with van der Waals surface area (Å²) in [4.78, 5) is 27.7. The molecule has 0 radical (unpaired) electrons. The van der Waals surface area contributed by atoms with Crippen LogP contribution < -0.4 is 26.2 Å².